The Morgan fingerprint density at radius 3 is 2.06 bits per heavy atom. The minimum atomic E-state index is -0.783. The number of hydrogen-bond donors (Lipinski definition) is 2. The Hall–Kier alpha value is -1.35. The molecule has 0 bridgehead atoms. The van der Waals surface area contributed by atoms with Gasteiger partial charge in [0, 0.05) is 6.04 Å². The summed E-state index contributed by atoms with van der Waals surface area (Å²) in [5, 5.41) is 12.2. The van der Waals surface area contributed by atoms with Crippen LogP contribution in [0, 0.1) is 5.92 Å². The molecule has 0 heterocycles. The molecule has 0 aromatic heterocycles. The Kier molecular flexibility index (Phi) is 4.52. The van der Waals surface area contributed by atoms with Crippen LogP contribution < -0.4 is 5.32 Å². The van der Waals surface area contributed by atoms with Crippen molar-refractivity contribution < 1.29 is 9.90 Å². The van der Waals surface area contributed by atoms with Crippen LogP contribution in [0.5, 0.6) is 0 Å². The number of carboxylic acids is 1. The van der Waals surface area contributed by atoms with Crippen LogP contribution in [0.25, 0.3) is 0 Å². The van der Waals surface area contributed by atoms with E-state index in [1.54, 1.807) is 14.0 Å². The normalized spacial score (nSPS) is 15.2. The SMILES string of the molecule is CNC(c1ccc(C(C)(C)C)cc1)C(C)C(=O)O. The first kappa shape index (κ1) is 14.7. The number of rotatable bonds is 4. The van der Waals surface area contributed by atoms with Crippen LogP contribution in [0.4, 0.5) is 0 Å². The minimum absolute atomic E-state index is 0.117. The quantitative estimate of drug-likeness (QED) is 0.862. The number of hydrogen-bond acceptors (Lipinski definition) is 2. The fourth-order valence-electron chi connectivity index (χ4n) is 2.04. The lowest BCUT2D eigenvalue weighted by Gasteiger charge is -2.23. The van der Waals surface area contributed by atoms with Gasteiger partial charge in [0.25, 0.3) is 0 Å². The molecular weight excluding hydrogens is 226 g/mol. The zero-order chi connectivity index (χ0) is 13.9. The predicted molar refractivity (Wildman–Crippen MR) is 73.7 cm³/mol. The fourth-order valence-corrected chi connectivity index (χ4v) is 2.04. The largest absolute Gasteiger partial charge is 0.481 e. The zero-order valence-corrected chi connectivity index (χ0v) is 11.8. The maximum absolute atomic E-state index is 11.1. The third-order valence-corrected chi connectivity index (χ3v) is 3.34. The molecule has 18 heavy (non-hydrogen) atoms. The molecule has 2 atom stereocenters. The molecule has 0 aliphatic carbocycles. The number of carbonyl (C=O) groups is 1. The molecule has 0 radical (unpaired) electrons. The maximum Gasteiger partial charge on any atom is 0.308 e. The van der Waals surface area contributed by atoms with E-state index < -0.39 is 11.9 Å². The van der Waals surface area contributed by atoms with Crippen LogP contribution >= 0.6 is 0 Å². The summed E-state index contributed by atoms with van der Waals surface area (Å²) < 4.78 is 0. The first-order valence-corrected chi connectivity index (χ1v) is 6.28. The van der Waals surface area contributed by atoms with Crippen molar-refractivity contribution in [2.24, 2.45) is 5.92 Å². The molecular formula is C15H23NO2. The van der Waals surface area contributed by atoms with Crippen molar-refractivity contribution in [2.45, 2.75) is 39.2 Å². The molecule has 1 aromatic carbocycles. The first-order valence-electron chi connectivity index (χ1n) is 6.28. The summed E-state index contributed by atoms with van der Waals surface area (Å²) in [7, 11) is 1.79. The van der Waals surface area contributed by atoms with Gasteiger partial charge in [0.2, 0.25) is 0 Å². The Morgan fingerprint density at radius 2 is 1.72 bits per heavy atom. The van der Waals surface area contributed by atoms with E-state index in [1.165, 1.54) is 5.56 Å². The molecule has 0 saturated heterocycles. The molecule has 0 spiro atoms. The van der Waals surface area contributed by atoms with Crippen molar-refractivity contribution in [1.29, 1.82) is 0 Å². The lowest BCUT2D eigenvalue weighted by atomic mass is 9.85. The smallest absolute Gasteiger partial charge is 0.308 e. The third-order valence-electron chi connectivity index (χ3n) is 3.34. The van der Waals surface area contributed by atoms with Crippen LogP contribution in [-0.2, 0) is 10.2 Å². The number of aliphatic carboxylic acids is 1. The number of carboxylic acid groups (broad SMARTS) is 1. The van der Waals surface area contributed by atoms with Gasteiger partial charge < -0.3 is 10.4 Å². The molecule has 100 valence electrons. The van der Waals surface area contributed by atoms with E-state index in [1.807, 2.05) is 12.1 Å². The summed E-state index contributed by atoms with van der Waals surface area (Å²) in [6.45, 7) is 8.22. The molecule has 3 heteroatoms. The van der Waals surface area contributed by atoms with Gasteiger partial charge in [0.1, 0.15) is 0 Å². The van der Waals surface area contributed by atoms with Crippen molar-refractivity contribution in [1.82, 2.24) is 5.32 Å². The molecule has 3 nitrogen and oxygen atoms in total. The monoisotopic (exact) mass is 249 g/mol. The molecule has 2 N–H and O–H groups in total. The molecule has 1 aromatic rings. The number of nitrogens with one attached hydrogen (secondary N) is 1. The van der Waals surface area contributed by atoms with Crippen LogP contribution in [0.2, 0.25) is 0 Å². The Morgan fingerprint density at radius 1 is 1.22 bits per heavy atom. The van der Waals surface area contributed by atoms with Gasteiger partial charge in [-0.3, -0.25) is 4.79 Å². The second-order valence-electron chi connectivity index (χ2n) is 5.77. The van der Waals surface area contributed by atoms with Crippen molar-refractivity contribution in [3.63, 3.8) is 0 Å². The Bertz CT molecular complexity index is 403. The van der Waals surface area contributed by atoms with Crippen molar-refractivity contribution >= 4 is 5.97 Å². The van der Waals surface area contributed by atoms with Gasteiger partial charge in [-0.05, 0) is 23.6 Å². The van der Waals surface area contributed by atoms with Crippen LogP contribution in [0.3, 0.4) is 0 Å². The minimum Gasteiger partial charge on any atom is -0.481 e. The molecule has 0 saturated carbocycles. The fraction of sp³-hybridized carbons (Fsp3) is 0.533. The Balaban J connectivity index is 2.99. The molecule has 2 unspecified atom stereocenters. The molecule has 0 amide bonds. The van der Waals surface area contributed by atoms with E-state index in [-0.39, 0.29) is 11.5 Å². The van der Waals surface area contributed by atoms with Crippen LogP contribution in [0.15, 0.2) is 24.3 Å². The van der Waals surface area contributed by atoms with E-state index in [0.717, 1.165) is 5.56 Å². The van der Waals surface area contributed by atoms with Gasteiger partial charge in [-0.2, -0.15) is 0 Å². The van der Waals surface area contributed by atoms with Crippen molar-refractivity contribution in [3.05, 3.63) is 35.4 Å². The van der Waals surface area contributed by atoms with Gasteiger partial charge in [-0.15, -0.1) is 0 Å². The summed E-state index contributed by atoms with van der Waals surface area (Å²) in [6.07, 6.45) is 0. The van der Waals surface area contributed by atoms with E-state index in [4.69, 9.17) is 5.11 Å². The summed E-state index contributed by atoms with van der Waals surface area (Å²) in [5.74, 6) is -1.23. The average molecular weight is 249 g/mol. The lowest BCUT2D eigenvalue weighted by Crippen LogP contribution is -2.28. The average Bonchev–Trinajstić information content (AvgIpc) is 2.29. The highest BCUT2D eigenvalue weighted by Gasteiger charge is 2.24. The summed E-state index contributed by atoms with van der Waals surface area (Å²) in [6, 6.07) is 8.03. The van der Waals surface area contributed by atoms with E-state index in [0.29, 0.717) is 0 Å². The first-order chi connectivity index (χ1) is 8.27. The van der Waals surface area contributed by atoms with E-state index >= 15 is 0 Å². The molecule has 1 rings (SSSR count). The number of benzene rings is 1. The highest BCUT2D eigenvalue weighted by Crippen LogP contribution is 2.26. The van der Waals surface area contributed by atoms with Gasteiger partial charge in [0.05, 0.1) is 5.92 Å². The van der Waals surface area contributed by atoms with E-state index in [9.17, 15) is 4.79 Å². The van der Waals surface area contributed by atoms with Gasteiger partial charge in [0.15, 0.2) is 0 Å². The topological polar surface area (TPSA) is 49.3 Å². The van der Waals surface area contributed by atoms with Gasteiger partial charge in [-0.1, -0.05) is 52.0 Å². The highest BCUT2D eigenvalue weighted by atomic mass is 16.4. The van der Waals surface area contributed by atoms with Crippen molar-refractivity contribution in [2.75, 3.05) is 7.05 Å². The standard InChI is InChI=1S/C15H23NO2/c1-10(14(17)18)13(16-5)11-6-8-12(9-7-11)15(2,3)4/h6-10,13,16H,1-5H3,(H,17,18). The molecule has 0 aliphatic rings. The van der Waals surface area contributed by atoms with Crippen LogP contribution in [0.1, 0.15) is 44.9 Å². The summed E-state index contributed by atoms with van der Waals surface area (Å²) in [5.41, 5.74) is 2.39. The summed E-state index contributed by atoms with van der Waals surface area (Å²) >= 11 is 0. The van der Waals surface area contributed by atoms with Gasteiger partial charge in [-0.25, -0.2) is 0 Å². The van der Waals surface area contributed by atoms with Gasteiger partial charge >= 0.3 is 5.97 Å². The zero-order valence-electron chi connectivity index (χ0n) is 11.8. The van der Waals surface area contributed by atoms with Crippen molar-refractivity contribution in [3.8, 4) is 0 Å². The second-order valence-corrected chi connectivity index (χ2v) is 5.77. The lowest BCUT2D eigenvalue weighted by molar-refractivity contribution is -0.142. The van der Waals surface area contributed by atoms with Crippen LogP contribution in [-0.4, -0.2) is 18.1 Å². The summed E-state index contributed by atoms with van der Waals surface area (Å²) in [4.78, 5) is 11.1. The highest BCUT2D eigenvalue weighted by molar-refractivity contribution is 5.70. The molecule has 0 aliphatic heterocycles. The predicted octanol–water partition coefficient (Wildman–Crippen LogP) is 2.97. The second kappa shape index (κ2) is 5.53. The van der Waals surface area contributed by atoms with E-state index in [2.05, 4.69) is 38.2 Å². The Labute approximate surface area is 109 Å². The maximum atomic E-state index is 11.1. The molecule has 0 fully saturated rings. The third kappa shape index (κ3) is 3.33.